The minimum Gasteiger partial charge on any atom is -0.625 e. The van der Waals surface area contributed by atoms with Crippen molar-refractivity contribution < 1.29 is 14.2 Å². The zero-order chi connectivity index (χ0) is 24.2. The second kappa shape index (κ2) is 8.64. The molecule has 3 N–H and O–H groups in total. The van der Waals surface area contributed by atoms with E-state index in [1.807, 2.05) is 37.3 Å². The van der Waals surface area contributed by atoms with Gasteiger partial charge in [-0.3, -0.25) is 9.44 Å². The number of nitrogens with zero attached hydrogens (tertiary/aromatic N) is 1. The van der Waals surface area contributed by atoms with Crippen LogP contribution in [-0.4, -0.2) is 48.2 Å². The number of piperidine rings is 2. The highest BCUT2D eigenvalue weighted by molar-refractivity contribution is 6.30. The topological polar surface area (TPSA) is 93.3 Å². The molecule has 8 heteroatoms. The molecule has 34 heavy (non-hydrogen) atoms. The number of halogens is 1. The van der Waals surface area contributed by atoms with Gasteiger partial charge in [0, 0.05) is 47.7 Å². The van der Waals surface area contributed by atoms with Gasteiger partial charge in [-0.15, -0.1) is 0 Å². The normalized spacial score (nSPS) is 32.5. The van der Waals surface area contributed by atoms with E-state index in [0.717, 1.165) is 28.9 Å². The van der Waals surface area contributed by atoms with Gasteiger partial charge in [-0.1, -0.05) is 17.7 Å². The van der Waals surface area contributed by atoms with E-state index in [9.17, 15) is 14.8 Å². The first-order chi connectivity index (χ1) is 16.1. The highest BCUT2D eigenvalue weighted by atomic mass is 35.5. The predicted octanol–water partition coefficient (Wildman–Crippen LogP) is 3.95. The fraction of sp³-hybridized carbons (Fsp3) is 0.462. The van der Waals surface area contributed by atoms with Crippen molar-refractivity contribution in [1.82, 2.24) is 5.32 Å². The van der Waals surface area contributed by atoms with Gasteiger partial charge in [-0.25, -0.2) is 4.79 Å². The molecule has 6 unspecified atom stereocenters. The van der Waals surface area contributed by atoms with Gasteiger partial charge in [0.25, 0.3) is 0 Å². The molecule has 7 nitrogen and oxygen atoms in total. The number of hydrogen-bond acceptors (Lipinski definition) is 5. The van der Waals surface area contributed by atoms with Crippen molar-refractivity contribution in [2.24, 2.45) is 5.92 Å². The van der Waals surface area contributed by atoms with E-state index >= 15 is 0 Å². The van der Waals surface area contributed by atoms with E-state index in [0.29, 0.717) is 30.0 Å². The van der Waals surface area contributed by atoms with Crippen LogP contribution >= 0.6 is 11.6 Å². The van der Waals surface area contributed by atoms with E-state index in [4.69, 9.17) is 11.6 Å². The predicted molar refractivity (Wildman–Crippen MR) is 134 cm³/mol. The minimum absolute atomic E-state index is 0.145. The Bertz CT molecular complexity index is 1150. The number of aryl methyl sites for hydroxylation is 1. The quantitative estimate of drug-likeness (QED) is 0.455. The Morgan fingerprint density at radius 3 is 2.79 bits per heavy atom. The molecule has 5 rings (SSSR count). The van der Waals surface area contributed by atoms with Crippen LogP contribution in [0.4, 0.5) is 11.4 Å². The molecule has 0 bridgehead atoms. The third-order valence-electron chi connectivity index (χ3n) is 7.83. The Morgan fingerprint density at radius 1 is 1.21 bits per heavy atom. The third kappa shape index (κ3) is 4.11. The molecule has 3 heterocycles. The van der Waals surface area contributed by atoms with Gasteiger partial charge in [-0.05, 0) is 67.3 Å². The molecule has 2 saturated heterocycles. The van der Waals surface area contributed by atoms with Gasteiger partial charge >= 0.3 is 5.91 Å². The molecule has 6 atom stereocenters. The first-order valence-electron chi connectivity index (χ1n) is 11.9. The summed E-state index contributed by atoms with van der Waals surface area (Å²) < 4.78 is -0.829. The Hall–Kier alpha value is -2.45. The Balaban J connectivity index is 1.35. The first-order valence-corrected chi connectivity index (χ1v) is 12.3. The van der Waals surface area contributed by atoms with Crippen LogP contribution in [0, 0.1) is 18.0 Å². The lowest BCUT2D eigenvalue weighted by Gasteiger charge is -2.54. The van der Waals surface area contributed by atoms with E-state index < -0.39 is 16.6 Å². The summed E-state index contributed by atoms with van der Waals surface area (Å²) in [6, 6.07) is 10.8. The van der Waals surface area contributed by atoms with Gasteiger partial charge in [0.05, 0.1) is 7.05 Å². The lowest BCUT2D eigenvalue weighted by atomic mass is 9.74. The van der Waals surface area contributed by atoms with Crippen molar-refractivity contribution in [2.75, 3.05) is 24.2 Å². The van der Waals surface area contributed by atoms with Gasteiger partial charge in [-0.2, -0.15) is 0 Å². The summed E-state index contributed by atoms with van der Waals surface area (Å²) in [7, 11) is 1.51. The highest BCUT2D eigenvalue weighted by Gasteiger charge is 2.50. The van der Waals surface area contributed by atoms with Gasteiger partial charge in [0.1, 0.15) is 18.0 Å². The second-order valence-corrected chi connectivity index (χ2v) is 10.7. The standard InChI is InChI=1S/C26H31ClN4O3/c1-14-4-6-19(29-25(32)23-11-16-9-18(27)5-7-22(16)30-23)12-20(14)21-10-17-13-28-15(2)8-24(17)31(3,34)26(21)33/h4-7,9,12,15,17,21,23-24,28,30H,8,10-11,13H2,1-3H3,(H,29,32). The summed E-state index contributed by atoms with van der Waals surface area (Å²) in [6.45, 7) is 4.77. The SMILES string of the molecule is Cc1ccc(NC(=O)C2Cc3cc(Cl)ccc3N2)cc1C1CC2CNC(C)CC2[N+](C)([O-])C1=O. The van der Waals surface area contributed by atoms with Crippen LogP contribution in [0.5, 0.6) is 0 Å². The van der Waals surface area contributed by atoms with Gasteiger partial charge < -0.3 is 21.2 Å². The van der Waals surface area contributed by atoms with Crippen molar-refractivity contribution in [3.05, 3.63) is 63.3 Å². The van der Waals surface area contributed by atoms with Crippen LogP contribution in [0.2, 0.25) is 5.02 Å². The molecule has 2 aromatic carbocycles. The number of likely N-dealkylation sites (N-methyl/N-ethyl adjacent to an activating group) is 1. The largest absolute Gasteiger partial charge is 0.625 e. The molecular weight excluding hydrogens is 452 g/mol. The number of hydroxylamine groups is 3. The second-order valence-electron chi connectivity index (χ2n) is 10.3. The Morgan fingerprint density at radius 2 is 2.00 bits per heavy atom. The highest BCUT2D eigenvalue weighted by Crippen LogP contribution is 2.42. The van der Waals surface area contributed by atoms with Crippen LogP contribution in [0.3, 0.4) is 0 Å². The molecule has 2 fully saturated rings. The smallest absolute Gasteiger partial charge is 0.321 e. The van der Waals surface area contributed by atoms with Gasteiger partial charge in [0.15, 0.2) is 0 Å². The average molecular weight is 483 g/mol. The van der Waals surface area contributed by atoms with E-state index in [2.05, 4.69) is 22.9 Å². The van der Waals surface area contributed by atoms with Crippen molar-refractivity contribution >= 4 is 34.8 Å². The molecular formula is C26H31ClN4O3. The molecule has 2 amide bonds. The summed E-state index contributed by atoms with van der Waals surface area (Å²) in [5, 5.41) is 23.9. The number of anilines is 2. The minimum atomic E-state index is -0.829. The Kier molecular flexibility index (Phi) is 5.92. The Labute approximate surface area is 205 Å². The molecule has 2 aromatic rings. The van der Waals surface area contributed by atoms with Crippen molar-refractivity contribution in [3.8, 4) is 0 Å². The van der Waals surface area contributed by atoms with E-state index in [-0.39, 0.29) is 29.8 Å². The summed E-state index contributed by atoms with van der Waals surface area (Å²) in [5.41, 5.74) is 4.34. The number of likely N-dealkylation sites (tertiary alicyclic amines) is 1. The van der Waals surface area contributed by atoms with E-state index in [1.54, 1.807) is 6.07 Å². The number of hydrogen-bond donors (Lipinski definition) is 3. The number of quaternary nitrogens is 1. The molecule has 3 aliphatic rings. The fourth-order valence-electron chi connectivity index (χ4n) is 5.92. The first kappa shape index (κ1) is 23.3. The molecule has 0 radical (unpaired) electrons. The monoisotopic (exact) mass is 482 g/mol. The lowest BCUT2D eigenvalue weighted by Crippen LogP contribution is -2.65. The van der Waals surface area contributed by atoms with Crippen LogP contribution in [-0.2, 0) is 16.0 Å². The number of carbonyl (C=O) groups is 2. The van der Waals surface area contributed by atoms with Crippen LogP contribution < -0.4 is 16.0 Å². The van der Waals surface area contributed by atoms with Crippen molar-refractivity contribution in [3.63, 3.8) is 0 Å². The summed E-state index contributed by atoms with van der Waals surface area (Å²) >= 11 is 6.08. The lowest BCUT2D eigenvalue weighted by molar-refractivity contribution is -0.822. The maximum Gasteiger partial charge on any atom is 0.321 e. The number of carbonyl (C=O) groups excluding carboxylic acids is 2. The summed E-state index contributed by atoms with van der Waals surface area (Å²) in [4.78, 5) is 26.4. The van der Waals surface area contributed by atoms with Crippen LogP contribution in [0.1, 0.15) is 42.4 Å². The maximum atomic E-state index is 13.5. The molecule has 0 aliphatic carbocycles. The van der Waals surface area contributed by atoms with Gasteiger partial charge in [0.2, 0.25) is 5.91 Å². The average Bonchev–Trinajstić information content (AvgIpc) is 3.22. The molecule has 0 saturated carbocycles. The summed E-state index contributed by atoms with van der Waals surface area (Å²) in [6.07, 6.45) is 1.92. The molecule has 180 valence electrons. The zero-order valence-electron chi connectivity index (χ0n) is 19.7. The van der Waals surface area contributed by atoms with Crippen LogP contribution in [0.25, 0.3) is 0 Å². The van der Waals surface area contributed by atoms with Crippen molar-refractivity contribution in [2.45, 2.75) is 57.2 Å². The summed E-state index contributed by atoms with van der Waals surface area (Å²) in [5.74, 6) is -0.766. The zero-order valence-corrected chi connectivity index (χ0v) is 20.5. The number of fused-ring (bicyclic) bond motifs is 2. The van der Waals surface area contributed by atoms with Crippen molar-refractivity contribution in [1.29, 1.82) is 0 Å². The van der Waals surface area contributed by atoms with Crippen LogP contribution in [0.15, 0.2) is 36.4 Å². The number of benzene rings is 2. The molecule has 3 aliphatic heterocycles. The number of rotatable bonds is 3. The number of nitrogens with one attached hydrogen (secondary N) is 3. The molecule has 0 spiro atoms. The fourth-order valence-corrected chi connectivity index (χ4v) is 6.11. The third-order valence-corrected chi connectivity index (χ3v) is 8.07. The maximum absolute atomic E-state index is 13.5. The number of amides is 2. The molecule has 0 aromatic heterocycles. The van der Waals surface area contributed by atoms with E-state index in [1.165, 1.54) is 7.05 Å².